The maximum absolute atomic E-state index is 12.1. The van der Waals surface area contributed by atoms with Gasteiger partial charge in [-0.25, -0.2) is 4.98 Å². The zero-order chi connectivity index (χ0) is 14.1. The Labute approximate surface area is 125 Å². The summed E-state index contributed by atoms with van der Waals surface area (Å²) in [6, 6.07) is 3.57. The van der Waals surface area contributed by atoms with Crippen LogP contribution in [0.1, 0.15) is 33.6 Å². The van der Waals surface area contributed by atoms with E-state index in [0.717, 1.165) is 23.6 Å². The number of thiophene rings is 1. The van der Waals surface area contributed by atoms with E-state index in [1.807, 2.05) is 0 Å². The van der Waals surface area contributed by atoms with Crippen LogP contribution in [-0.4, -0.2) is 18.0 Å². The summed E-state index contributed by atoms with van der Waals surface area (Å²) in [6.07, 6.45) is 3.29. The van der Waals surface area contributed by atoms with E-state index in [1.165, 1.54) is 22.6 Å². The average Bonchev–Trinajstić information content (AvgIpc) is 3.03. The van der Waals surface area contributed by atoms with Gasteiger partial charge in [-0.2, -0.15) is 0 Å². The lowest BCUT2D eigenvalue weighted by atomic mass is 9.93. The number of methoxy groups -OCH3 is 1. The fraction of sp³-hybridized carbons (Fsp3) is 0.429. The first kappa shape index (κ1) is 13.6. The highest BCUT2D eigenvalue weighted by Crippen LogP contribution is 2.32. The van der Waals surface area contributed by atoms with Crippen LogP contribution in [0.25, 0.3) is 0 Å². The van der Waals surface area contributed by atoms with Crippen LogP contribution in [0.2, 0.25) is 0 Å². The Balaban J connectivity index is 1.73. The molecule has 1 amide bonds. The van der Waals surface area contributed by atoms with Crippen molar-refractivity contribution in [2.75, 3.05) is 12.4 Å². The second-order valence-electron chi connectivity index (χ2n) is 5.01. The molecule has 0 fully saturated rings. The van der Waals surface area contributed by atoms with Crippen LogP contribution < -0.4 is 10.1 Å². The Morgan fingerprint density at radius 3 is 3.05 bits per heavy atom. The summed E-state index contributed by atoms with van der Waals surface area (Å²) >= 11 is 2.94. The third-order valence-corrected chi connectivity index (χ3v) is 5.49. The van der Waals surface area contributed by atoms with Crippen molar-refractivity contribution < 1.29 is 9.53 Å². The van der Waals surface area contributed by atoms with Gasteiger partial charge in [-0.05, 0) is 37.3 Å². The summed E-state index contributed by atoms with van der Waals surface area (Å²) in [5.74, 6) is 0.602. The number of thiazole rings is 1. The summed E-state index contributed by atoms with van der Waals surface area (Å²) < 4.78 is 5.10. The molecule has 2 aromatic rings. The Hall–Kier alpha value is -1.40. The van der Waals surface area contributed by atoms with Crippen molar-refractivity contribution in [3.63, 3.8) is 0 Å². The molecule has 1 aliphatic carbocycles. The first-order valence-electron chi connectivity index (χ1n) is 6.59. The standard InChI is InChI=1S/C14H16N2O2S2/c1-8-3-4-9-11(7-8)20-14(15-9)16-13(17)10-5-6-12(18-2)19-10/h5-6,8H,3-4,7H2,1-2H3,(H,15,16,17). The largest absolute Gasteiger partial charge is 0.487 e. The third kappa shape index (κ3) is 2.71. The highest BCUT2D eigenvalue weighted by molar-refractivity contribution is 7.17. The number of carbonyl (C=O) groups excluding carboxylic acids is 1. The van der Waals surface area contributed by atoms with Gasteiger partial charge in [-0.1, -0.05) is 18.3 Å². The van der Waals surface area contributed by atoms with Gasteiger partial charge in [-0.15, -0.1) is 11.3 Å². The summed E-state index contributed by atoms with van der Waals surface area (Å²) in [5.41, 5.74) is 1.16. The molecule has 0 bridgehead atoms. The number of carbonyl (C=O) groups is 1. The number of ether oxygens (including phenoxy) is 1. The quantitative estimate of drug-likeness (QED) is 0.942. The molecule has 1 unspecified atom stereocenters. The van der Waals surface area contributed by atoms with E-state index in [4.69, 9.17) is 4.74 Å². The van der Waals surface area contributed by atoms with E-state index in [9.17, 15) is 4.79 Å². The third-order valence-electron chi connectivity index (χ3n) is 3.41. The molecule has 1 aliphatic rings. The highest BCUT2D eigenvalue weighted by atomic mass is 32.1. The zero-order valence-electron chi connectivity index (χ0n) is 11.4. The molecular weight excluding hydrogens is 292 g/mol. The van der Waals surface area contributed by atoms with Gasteiger partial charge in [0.05, 0.1) is 17.7 Å². The molecule has 6 heteroatoms. The maximum atomic E-state index is 12.1. The van der Waals surface area contributed by atoms with Gasteiger partial charge in [0.1, 0.15) is 0 Å². The minimum Gasteiger partial charge on any atom is -0.487 e. The zero-order valence-corrected chi connectivity index (χ0v) is 13.1. The number of rotatable bonds is 3. The lowest BCUT2D eigenvalue weighted by molar-refractivity contribution is 0.103. The molecule has 1 N–H and O–H groups in total. The number of hydrogen-bond acceptors (Lipinski definition) is 5. The maximum Gasteiger partial charge on any atom is 0.267 e. The van der Waals surface area contributed by atoms with Crippen LogP contribution in [0, 0.1) is 5.92 Å². The predicted molar refractivity (Wildman–Crippen MR) is 82.1 cm³/mol. The van der Waals surface area contributed by atoms with E-state index >= 15 is 0 Å². The van der Waals surface area contributed by atoms with Gasteiger partial charge in [-0.3, -0.25) is 10.1 Å². The van der Waals surface area contributed by atoms with Crippen LogP contribution in [0.4, 0.5) is 5.13 Å². The first-order valence-corrected chi connectivity index (χ1v) is 8.22. The van der Waals surface area contributed by atoms with Crippen molar-refractivity contribution in [1.29, 1.82) is 0 Å². The van der Waals surface area contributed by atoms with Crippen molar-refractivity contribution in [1.82, 2.24) is 4.98 Å². The summed E-state index contributed by atoms with van der Waals surface area (Å²) in [4.78, 5) is 18.6. The molecule has 3 rings (SSSR count). The molecule has 20 heavy (non-hydrogen) atoms. The molecule has 2 aromatic heterocycles. The molecule has 106 valence electrons. The number of aromatic nitrogens is 1. The van der Waals surface area contributed by atoms with Crippen LogP contribution in [0.15, 0.2) is 12.1 Å². The molecule has 1 atom stereocenters. The number of hydrogen-bond donors (Lipinski definition) is 1. The Morgan fingerprint density at radius 1 is 1.45 bits per heavy atom. The average molecular weight is 308 g/mol. The van der Waals surface area contributed by atoms with E-state index in [-0.39, 0.29) is 5.91 Å². The molecule has 0 aromatic carbocycles. The van der Waals surface area contributed by atoms with Crippen molar-refractivity contribution in [2.24, 2.45) is 5.92 Å². The van der Waals surface area contributed by atoms with Gasteiger partial charge < -0.3 is 4.74 Å². The number of aryl methyl sites for hydroxylation is 1. The molecular formula is C14H16N2O2S2. The highest BCUT2D eigenvalue weighted by Gasteiger charge is 2.21. The fourth-order valence-electron chi connectivity index (χ4n) is 2.30. The monoisotopic (exact) mass is 308 g/mol. The molecule has 0 saturated carbocycles. The van der Waals surface area contributed by atoms with Gasteiger partial charge in [0, 0.05) is 4.88 Å². The number of amides is 1. The van der Waals surface area contributed by atoms with Gasteiger partial charge in [0.25, 0.3) is 5.91 Å². The Bertz CT molecular complexity index is 633. The molecule has 0 radical (unpaired) electrons. The van der Waals surface area contributed by atoms with E-state index in [2.05, 4.69) is 17.2 Å². The Kier molecular flexibility index (Phi) is 3.76. The summed E-state index contributed by atoms with van der Waals surface area (Å²) in [7, 11) is 1.60. The van der Waals surface area contributed by atoms with Crippen LogP contribution in [0.3, 0.4) is 0 Å². The first-order chi connectivity index (χ1) is 9.65. The topological polar surface area (TPSA) is 51.2 Å². The predicted octanol–water partition coefficient (Wildman–Crippen LogP) is 3.59. The second-order valence-corrected chi connectivity index (χ2v) is 7.14. The van der Waals surface area contributed by atoms with E-state index in [1.54, 1.807) is 30.6 Å². The minimum atomic E-state index is -0.113. The van der Waals surface area contributed by atoms with Crippen LogP contribution >= 0.6 is 22.7 Å². The summed E-state index contributed by atoms with van der Waals surface area (Å²) in [6.45, 7) is 2.26. The van der Waals surface area contributed by atoms with Crippen LogP contribution in [0.5, 0.6) is 5.06 Å². The lowest BCUT2D eigenvalue weighted by Crippen LogP contribution is -2.10. The second kappa shape index (κ2) is 5.54. The fourth-order valence-corrected chi connectivity index (χ4v) is 4.19. The minimum absolute atomic E-state index is 0.113. The summed E-state index contributed by atoms with van der Waals surface area (Å²) in [5, 5.41) is 4.34. The number of nitrogens with zero attached hydrogens (tertiary/aromatic N) is 1. The molecule has 0 spiro atoms. The SMILES string of the molecule is COc1ccc(C(=O)Nc2nc3c(s2)CC(C)CC3)s1. The van der Waals surface area contributed by atoms with Gasteiger partial charge in [0.2, 0.25) is 0 Å². The lowest BCUT2D eigenvalue weighted by Gasteiger charge is -2.15. The van der Waals surface area contributed by atoms with Crippen LogP contribution in [-0.2, 0) is 12.8 Å². The van der Waals surface area contributed by atoms with E-state index in [0.29, 0.717) is 15.9 Å². The molecule has 0 aliphatic heterocycles. The molecule has 4 nitrogen and oxygen atoms in total. The van der Waals surface area contributed by atoms with Crippen molar-refractivity contribution in [3.05, 3.63) is 27.6 Å². The smallest absolute Gasteiger partial charge is 0.267 e. The Morgan fingerprint density at radius 2 is 2.30 bits per heavy atom. The van der Waals surface area contributed by atoms with Crippen molar-refractivity contribution >= 4 is 33.7 Å². The molecule has 2 heterocycles. The normalized spacial score (nSPS) is 17.6. The number of anilines is 1. The van der Waals surface area contributed by atoms with E-state index < -0.39 is 0 Å². The van der Waals surface area contributed by atoms with Gasteiger partial charge >= 0.3 is 0 Å². The van der Waals surface area contributed by atoms with Crippen molar-refractivity contribution in [2.45, 2.75) is 26.2 Å². The van der Waals surface area contributed by atoms with Crippen molar-refractivity contribution in [3.8, 4) is 5.06 Å². The number of nitrogens with one attached hydrogen (secondary N) is 1. The van der Waals surface area contributed by atoms with Gasteiger partial charge in [0.15, 0.2) is 10.2 Å². The molecule has 0 saturated heterocycles. The number of fused-ring (bicyclic) bond motifs is 1.